The Balaban J connectivity index is 1.82. The van der Waals surface area contributed by atoms with Gasteiger partial charge >= 0.3 is 0 Å². The van der Waals surface area contributed by atoms with Crippen LogP contribution in [0.15, 0.2) is 42.5 Å². The second-order valence-electron chi connectivity index (χ2n) is 7.86. The summed E-state index contributed by atoms with van der Waals surface area (Å²) in [5.74, 6) is -1.42. The van der Waals surface area contributed by atoms with Gasteiger partial charge in [0.1, 0.15) is 29.9 Å². The van der Waals surface area contributed by atoms with Crippen molar-refractivity contribution in [3.8, 4) is 0 Å². The Morgan fingerprint density at radius 2 is 2.03 bits per heavy atom. The van der Waals surface area contributed by atoms with E-state index >= 15 is 0 Å². The molecule has 1 N–H and O–H groups in total. The standard InChI is InChI=1S/C22H30F2N4O/c1-3-4-5-6-18-9-11-27(12-10-18)17(2)22(29,14-28-16-25-15-26-28)20-8-7-19(23)13-21(20)24/h6-8,13,15-17,29H,3-5,9-12,14H2,1-2H3/t17-,22-/m0/s1. The predicted octanol–water partition coefficient (Wildman–Crippen LogP) is 4.05. The normalized spacial score (nSPS) is 18.4. The second-order valence-corrected chi connectivity index (χ2v) is 7.86. The summed E-state index contributed by atoms with van der Waals surface area (Å²) in [5.41, 5.74) is -0.0459. The van der Waals surface area contributed by atoms with Gasteiger partial charge in [0, 0.05) is 30.8 Å². The van der Waals surface area contributed by atoms with Crippen LogP contribution in [0.3, 0.4) is 0 Å². The summed E-state index contributed by atoms with van der Waals surface area (Å²) in [6.07, 6.45) is 10.6. The van der Waals surface area contributed by atoms with Gasteiger partial charge in [-0.05, 0) is 32.3 Å². The van der Waals surface area contributed by atoms with Gasteiger partial charge in [0.25, 0.3) is 0 Å². The Morgan fingerprint density at radius 1 is 1.28 bits per heavy atom. The summed E-state index contributed by atoms with van der Waals surface area (Å²) >= 11 is 0. The molecule has 0 spiro atoms. The van der Waals surface area contributed by atoms with Crippen LogP contribution in [0.1, 0.15) is 51.5 Å². The van der Waals surface area contributed by atoms with E-state index in [0.717, 1.165) is 38.4 Å². The molecule has 0 saturated carbocycles. The fraction of sp³-hybridized carbons (Fsp3) is 0.545. The van der Waals surface area contributed by atoms with Gasteiger partial charge in [-0.15, -0.1) is 0 Å². The zero-order valence-electron chi connectivity index (χ0n) is 17.2. The maximum Gasteiger partial charge on any atom is 0.137 e. The SMILES string of the molecule is CCCCC=C1CCN([C@@H](C)[C@@](O)(Cn2cncn2)c2ccc(F)cc2F)CC1. The molecular formula is C22H30F2N4O. The van der Waals surface area contributed by atoms with E-state index in [4.69, 9.17) is 0 Å². The molecule has 1 fully saturated rings. The summed E-state index contributed by atoms with van der Waals surface area (Å²) < 4.78 is 29.6. The lowest BCUT2D eigenvalue weighted by Crippen LogP contribution is -2.53. The number of unbranched alkanes of at least 4 members (excludes halogenated alkanes) is 2. The Morgan fingerprint density at radius 3 is 2.66 bits per heavy atom. The van der Waals surface area contributed by atoms with Gasteiger partial charge in [0.15, 0.2) is 0 Å². The van der Waals surface area contributed by atoms with Crippen molar-refractivity contribution in [3.05, 3.63) is 59.7 Å². The minimum absolute atomic E-state index is 0.0341. The molecule has 2 atom stereocenters. The first-order valence-electron chi connectivity index (χ1n) is 10.4. The number of aromatic nitrogens is 3. The fourth-order valence-corrected chi connectivity index (χ4v) is 4.06. The third-order valence-corrected chi connectivity index (χ3v) is 5.94. The summed E-state index contributed by atoms with van der Waals surface area (Å²) in [5, 5.41) is 15.8. The highest BCUT2D eigenvalue weighted by molar-refractivity contribution is 5.27. The summed E-state index contributed by atoms with van der Waals surface area (Å²) in [7, 11) is 0. The number of allylic oxidation sites excluding steroid dienone is 1. The number of likely N-dealkylation sites (tertiary alicyclic amines) is 1. The molecule has 0 bridgehead atoms. The Labute approximate surface area is 171 Å². The zero-order valence-corrected chi connectivity index (χ0v) is 17.2. The molecule has 1 saturated heterocycles. The fourth-order valence-electron chi connectivity index (χ4n) is 4.06. The maximum atomic E-state index is 14.7. The van der Waals surface area contributed by atoms with Crippen LogP contribution in [0, 0.1) is 11.6 Å². The molecule has 2 heterocycles. The molecule has 7 heteroatoms. The highest BCUT2D eigenvalue weighted by Crippen LogP contribution is 2.34. The lowest BCUT2D eigenvalue weighted by molar-refractivity contribution is -0.0657. The Kier molecular flexibility index (Phi) is 7.14. The van der Waals surface area contributed by atoms with Crippen molar-refractivity contribution in [2.75, 3.05) is 13.1 Å². The molecule has 0 radical (unpaired) electrons. The second kappa shape index (κ2) is 9.59. The molecule has 1 aromatic carbocycles. The number of nitrogens with zero attached hydrogens (tertiary/aromatic N) is 4. The zero-order chi connectivity index (χ0) is 20.9. The largest absolute Gasteiger partial charge is 0.381 e. The quantitative estimate of drug-likeness (QED) is 0.533. The van der Waals surface area contributed by atoms with Crippen molar-refractivity contribution < 1.29 is 13.9 Å². The molecule has 1 aliphatic rings. The molecule has 29 heavy (non-hydrogen) atoms. The molecule has 0 amide bonds. The molecule has 0 unspecified atom stereocenters. The molecule has 3 rings (SSSR count). The van der Waals surface area contributed by atoms with E-state index in [0.29, 0.717) is 0 Å². The number of benzene rings is 1. The van der Waals surface area contributed by atoms with Gasteiger partial charge in [-0.2, -0.15) is 5.10 Å². The summed E-state index contributed by atoms with van der Waals surface area (Å²) in [6, 6.07) is 2.95. The van der Waals surface area contributed by atoms with E-state index in [9.17, 15) is 13.9 Å². The molecule has 0 aliphatic carbocycles. The van der Waals surface area contributed by atoms with Crippen LogP contribution in [-0.2, 0) is 12.1 Å². The first-order chi connectivity index (χ1) is 13.9. The van der Waals surface area contributed by atoms with Gasteiger partial charge in [-0.3, -0.25) is 4.90 Å². The summed E-state index contributed by atoms with van der Waals surface area (Å²) in [4.78, 5) is 6.10. The minimum Gasteiger partial charge on any atom is -0.381 e. The van der Waals surface area contributed by atoms with Gasteiger partial charge in [0.2, 0.25) is 0 Å². The first-order valence-corrected chi connectivity index (χ1v) is 10.4. The highest BCUT2D eigenvalue weighted by atomic mass is 19.1. The number of halogens is 2. The Hall–Kier alpha value is -2.12. The van der Waals surface area contributed by atoms with Crippen molar-refractivity contribution in [1.29, 1.82) is 0 Å². The van der Waals surface area contributed by atoms with Crippen molar-refractivity contribution in [1.82, 2.24) is 19.7 Å². The molecule has 2 aromatic rings. The third-order valence-electron chi connectivity index (χ3n) is 5.94. The molecule has 1 aromatic heterocycles. The molecule has 158 valence electrons. The van der Waals surface area contributed by atoms with Gasteiger partial charge in [-0.1, -0.05) is 37.5 Å². The highest BCUT2D eigenvalue weighted by Gasteiger charge is 2.42. The van der Waals surface area contributed by atoms with Gasteiger partial charge < -0.3 is 5.11 Å². The average Bonchev–Trinajstić information content (AvgIpc) is 3.21. The number of rotatable bonds is 8. The Bertz CT molecular complexity index is 814. The van der Waals surface area contributed by atoms with Crippen LogP contribution in [0.25, 0.3) is 0 Å². The van der Waals surface area contributed by atoms with Crippen LogP contribution in [0.2, 0.25) is 0 Å². The minimum atomic E-state index is -1.57. The van der Waals surface area contributed by atoms with E-state index in [1.165, 1.54) is 47.9 Å². The van der Waals surface area contributed by atoms with Crippen LogP contribution >= 0.6 is 0 Å². The molecule has 5 nitrogen and oxygen atoms in total. The van der Waals surface area contributed by atoms with Crippen molar-refractivity contribution >= 4 is 0 Å². The van der Waals surface area contributed by atoms with Gasteiger partial charge in [-0.25, -0.2) is 18.4 Å². The third kappa shape index (κ3) is 5.08. The number of piperidine rings is 1. The summed E-state index contributed by atoms with van der Waals surface area (Å²) in [6.45, 7) is 5.70. The van der Waals surface area contributed by atoms with Crippen LogP contribution < -0.4 is 0 Å². The lowest BCUT2D eigenvalue weighted by Gasteiger charge is -2.43. The van der Waals surface area contributed by atoms with Crippen molar-refractivity contribution in [3.63, 3.8) is 0 Å². The van der Waals surface area contributed by atoms with Crippen LogP contribution in [0.4, 0.5) is 8.78 Å². The van der Waals surface area contributed by atoms with Crippen molar-refractivity contribution in [2.45, 2.75) is 64.1 Å². The van der Waals surface area contributed by atoms with E-state index in [2.05, 4.69) is 28.0 Å². The number of hydrogen-bond donors (Lipinski definition) is 1. The van der Waals surface area contributed by atoms with E-state index in [1.54, 1.807) is 0 Å². The monoisotopic (exact) mass is 404 g/mol. The first kappa shape index (κ1) is 21.6. The van der Waals surface area contributed by atoms with Crippen LogP contribution in [-0.4, -0.2) is 43.9 Å². The smallest absolute Gasteiger partial charge is 0.137 e. The van der Waals surface area contributed by atoms with E-state index in [-0.39, 0.29) is 18.2 Å². The number of hydrogen-bond acceptors (Lipinski definition) is 4. The topological polar surface area (TPSA) is 54.2 Å². The van der Waals surface area contributed by atoms with Crippen molar-refractivity contribution in [2.24, 2.45) is 0 Å². The van der Waals surface area contributed by atoms with E-state index in [1.807, 2.05) is 6.92 Å². The lowest BCUT2D eigenvalue weighted by atomic mass is 9.84. The maximum absolute atomic E-state index is 14.7. The number of aliphatic hydroxyl groups is 1. The van der Waals surface area contributed by atoms with Gasteiger partial charge in [0.05, 0.1) is 6.54 Å². The van der Waals surface area contributed by atoms with E-state index < -0.39 is 17.2 Å². The van der Waals surface area contributed by atoms with Crippen LogP contribution in [0.5, 0.6) is 0 Å². The average molecular weight is 405 g/mol. The molecular weight excluding hydrogens is 374 g/mol. The molecule has 1 aliphatic heterocycles. The predicted molar refractivity (Wildman–Crippen MR) is 108 cm³/mol.